The molecular weight excluding hydrogens is 533 g/mol. The largest absolute Gasteiger partial charge is 0.355 e. The van der Waals surface area contributed by atoms with E-state index < -0.39 is 28.5 Å². The molecule has 1 atom stereocenters. The molecule has 1 unspecified atom stereocenters. The minimum atomic E-state index is -4.15. The Balaban J connectivity index is 2.07. The van der Waals surface area contributed by atoms with E-state index in [9.17, 15) is 18.0 Å². The van der Waals surface area contributed by atoms with Gasteiger partial charge < -0.3 is 10.2 Å². The van der Waals surface area contributed by atoms with Crippen molar-refractivity contribution in [1.29, 1.82) is 0 Å². The topological polar surface area (TPSA) is 86.8 Å². The monoisotopic (exact) mass is 561 g/mol. The Labute approximate surface area is 228 Å². The number of hydrogen-bond acceptors (Lipinski definition) is 4. The van der Waals surface area contributed by atoms with Crippen molar-refractivity contribution in [3.8, 4) is 0 Å². The predicted octanol–water partition coefficient (Wildman–Crippen LogP) is 5.05. The highest BCUT2D eigenvalue weighted by atomic mass is 35.5. The summed E-state index contributed by atoms with van der Waals surface area (Å²) in [4.78, 5) is 27.9. The quantitative estimate of drug-likeness (QED) is 0.375. The normalized spacial score (nSPS) is 12.0. The lowest BCUT2D eigenvalue weighted by Gasteiger charge is -2.32. The molecule has 0 radical (unpaired) electrons. The van der Waals surface area contributed by atoms with Crippen LogP contribution in [0.5, 0.6) is 0 Å². The molecule has 0 saturated carbocycles. The fourth-order valence-electron chi connectivity index (χ4n) is 3.84. The minimum Gasteiger partial charge on any atom is -0.355 e. The van der Waals surface area contributed by atoms with E-state index in [1.54, 1.807) is 81.4 Å². The van der Waals surface area contributed by atoms with Gasteiger partial charge in [-0.2, -0.15) is 0 Å². The highest BCUT2D eigenvalue weighted by Crippen LogP contribution is 2.31. The maximum atomic E-state index is 13.8. The number of carbonyl (C=O) groups excluding carboxylic acids is 2. The molecule has 37 heavy (non-hydrogen) atoms. The summed E-state index contributed by atoms with van der Waals surface area (Å²) in [6.45, 7) is 4.99. The van der Waals surface area contributed by atoms with Gasteiger partial charge in [0.15, 0.2) is 0 Å². The fourth-order valence-corrected chi connectivity index (χ4v) is 5.71. The molecule has 0 saturated heterocycles. The molecule has 10 heteroatoms. The number of nitrogens with one attached hydrogen (secondary N) is 1. The third-order valence-electron chi connectivity index (χ3n) is 5.88. The van der Waals surface area contributed by atoms with Crippen LogP contribution in [0.3, 0.4) is 0 Å². The van der Waals surface area contributed by atoms with Gasteiger partial charge in [-0.15, -0.1) is 0 Å². The van der Waals surface area contributed by atoms with Crippen LogP contribution in [-0.2, 0) is 26.2 Å². The summed E-state index contributed by atoms with van der Waals surface area (Å²) in [5, 5.41) is 3.58. The number of carbonyl (C=O) groups is 2. The van der Waals surface area contributed by atoms with Gasteiger partial charge in [0.25, 0.3) is 10.0 Å². The third-order valence-corrected chi connectivity index (χ3v) is 8.30. The van der Waals surface area contributed by atoms with E-state index in [-0.39, 0.29) is 23.0 Å². The average molecular weight is 563 g/mol. The van der Waals surface area contributed by atoms with Crippen molar-refractivity contribution < 1.29 is 18.0 Å². The van der Waals surface area contributed by atoms with E-state index >= 15 is 0 Å². The first kappa shape index (κ1) is 28.5. The van der Waals surface area contributed by atoms with Crippen molar-refractivity contribution in [2.75, 3.05) is 17.4 Å². The van der Waals surface area contributed by atoms with Crippen molar-refractivity contribution in [3.63, 3.8) is 0 Å². The van der Waals surface area contributed by atoms with Gasteiger partial charge in [0.05, 0.1) is 10.6 Å². The van der Waals surface area contributed by atoms with Crippen LogP contribution in [0.25, 0.3) is 0 Å². The number of nitrogens with zero attached hydrogens (tertiary/aromatic N) is 2. The molecule has 3 aromatic rings. The number of likely N-dealkylation sites (N-methyl/N-ethyl adjacent to an activating group) is 1. The van der Waals surface area contributed by atoms with Crippen LogP contribution in [0.2, 0.25) is 10.0 Å². The lowest BCUT2D eigenvalue weighted by molar-refractivity contribution is -0.139. The van der Waals surface area contributed by atoms with E-state index in [4.69, 9.17) is 23.2 Å². The van der Waals surface area contributed by atoms with Gasteiger partial charge in [-0.1, -0.05) is 59.6 Å². The maximum Gasteiger partial charge on any atom is 0.264 e. The zero-order valence-corrected chi connectivity index (χ0v) is 23.1. The lowest BCUT2D eigenvalue weighted by atomic mass is 10.1. The van der Waals surface area contributed by atoms with Crippen molar-refractivity contribution >= 4 is 50.7 Å². The van der Waals surface area contributed by atoms with Crippen molar-refractivity contribution in [2.45, 2.75) is 38.3 Å². The van der Waals surface area contributed by atoms with Crippen LogP contribution < -0.4 is 9.62 Å². The van der Waals surface area contributed by atoms with Crippen LogP contribution in [0.1, 0.15) is 25.0 Å². The minimum absolute atomic E-state index is 0.0281. The number of amides is 2. The summed E-state index contributed by atoms with van der Waals surface area (Å²) in [6, 6.07) is 18.8. The van der Waals surface area contributed by atoms with Crippen molar-refractivity contribution in [1.82, 2.24) is 10.2 Å². The third kappa shape index (κ3) is 6.83. The first-order valence-electron chi connectivity index (χ1n) is 11.7. The van der Waals surface area contributed by atoms with E-state index in [0.717, 1.165) is 4.31 Å². The number of halogens is 2. The molecule has 7 nitrogen and oxygen atoms in total. The molecule has 2 amide bonds. The Morgan fingerprint density at radius 3 is 2.30 bits per heavy atom. The second-order valence-corrected chi connectivity index (χ2v) is 11.1. The molecule has 1 N–H and O–H groups in total. The molecular formula is C27H29Cl2N3O4S. The van der Waals surface area contributed by atoms with Gasteiger partial charge >= 0.3 is 0 Å². The van der Waals surface area contributed by atoms with Crippen LogP contribution in [0, 0.1) is 6.92 Å². The van der Waals surface area contributed by atoms with Crippen LogP contribution in [0.4, 0.5) is 5.69 Å². The highest BCUT2D eigenvalue weighted by Gasteiger charge is 2.33. The number of anilines is 1. The zero-order valence-electron chi connectivity index (χ0n) is 20.8. The average Bonchev–Trinajstić information content (AvgIpc) is 2.88. The number of benzene rings is 3. The summed E-state index contributed by atoms with van der Waals surface area (Å²) in [5.74, 6) is -0.910. The molecule has 3 rings (SSSR count). The van der Waals surface area contributed by atoms with Crippen LogP contribution >= 0.6 is 23.2 Å². The van der Waals surface area contributed by atoms with E-state index in [2.05, 4.69) is 5.32 Å². The van der Waals surface area contributed by atoms with E-state index in [0.29, 0.717) is 27.7 Å². The lowest BCUT2D eigenvalue weighted by Crippen LogP contribution is -2.51. The molecule has 0 fully saturated rings. The molecule has 0 aliphatic carbocycles. The maximum absolute atomic E-state index is 13.8. The van der Waals surface area contributed by atoms with Gasteiger partial charge in [0, 0.05) is 23.1 Å². The Hall–Kier alpha value is -3.07. The summed E-state index contributed by atoms with van der Waals surface area (Å²) >= 11 is 12.5. The Morgan fingerprint density at radius 1 is 0.973 bits per heavy atom. The van der Waals surface area contributed by atoms with Gasteiger partial charge in [-0.05, 0) is 68.3 Å². The smallest absolute Gasteiger partial charge is 0.264 e. The van der Waals surface area contributed by atoms with Crippen molar-refractivity contribution in [2.24, 2.45) is 0 Å². The molecule has 0 aliphatic heterocycles. The van der Waals surface area contributed by atoms with Gasteiger partial charge in [0.1, 0.15) is 12.6 Å². The Kier molecular flexibility index (Phi) is 9.59. The van der Waals surface area contributed by atoms with Crippen LogP contribution in [-0.4, -0.2) is 44.3 Å². The van der Waals surface area contributed by atoms with Gasteiger partial charge in [-0.3, -0.25) is 13.9 Å². The Bertz CT molecular complexity index is 1370. The standard InChI is InChI=1S/C27H29Cl2N3O4S/c1-4-30-27(34)20(3)31(17-21-10-8-11-22(28)16-21)26(33)18-32(25-15-9-14-24(29)19(25)2)37(35,36)23-12-6-5-7-13-23/h5-16,20H,4,17-18H2,1-3H3,(H,30,34). The molecule has 196 valence electrons. The molecule has 0 spiro atoms. The van der Waals surface area contributed by atoms with E-state index in [1.165, 1.54) is 17.0 Å². The second-order valence-electron chi connectivity index (χ2n) is 8.43. The first-order chi connectivity index (χ1) is 17.6. The molecule has 0 aliphatic rings. The molecule has 0 aromatic heterocycles. The number of sulfonamides is 1. The number of rotatable bonds is 10. The molecule has 0 bridgehead atoms. The van der Waals surface area contributed by atoms with E-state index in [1.807, 2.05) is 0 Å². The predicted molar refractivity (Wildman–Crippen MR) is 147 cm³/mol. The fraction of sp³-hybridized carbons (Fsp3) is 0.259. The van der Waals surface area contributed by atoms with Crippen molar-refractivity contribution in [3.05, 3.63) is 94.0 Å². The van der Waals surface area contributed by atoms with Crippen LogP contribution in [0.15, 0.2) is 77.7 Å². The molecule has 0 heterocycles. The van der Waals surface area contributed by atoms with Gasteiger partial charge in [0.2, 0.25) is 11.8 Å². The Morgan fingerprint density at radius 2 is 1.65 bits per heavy atom. The summed E-state index contributed by atoms with van der Waals surface area (Å²) < 4.78 is 28.6. The summed E-state index contributed by atoms with van der Waals surface area (Å²) in [5.41, 5.74) is 1.49. The first-order valence-corrected chi connectivity index (χ1v) is 13.9. The highest BCUT2D eigenvalue weighted by molar-refractivity contribution is 7.92. The number of hydrogen-bond donors (Lipinski definition) is 1. The SMILES string of the molecule is CCNC(=O)C(C)N(Cc1cccc(Cl)c1)C(=O)CN(c1cccc(Cl)c1C)S(=O)(=O)c1ccccc1. The summed E-state index contributed by atoms with van der Waals surface area (Å²) in [7, 11) is -4.15. The molecule has 3 aromatic carbocycles. The summed E-state index contributed by atoms with van der Waals surface area (Å²) in [6.07, 6.45) is 0. The van der Waals surface area contributed by atoms with Gasteiger partial charge in [-0.25, -0.2) is 8.42 Å². The second kappa shape index (κ2) is 12.4. The zero-order chi connectivity index (χ0) is 27.2.